The van der Waals surface area contributed by atoms with Crippen LogP contribution in [0, 0.1) is 16.5 Å². The van der Waals surface area contributed by atoms with E-state index in [2.05, 4.69) is 15.3 Å². The minimum atomic E-state index is -0.490. The molecule has 1 aliphatic heterocycles. The molecule has 1 saturated carbocycles. The third-order valence-electron chi connectivity index (χ3n) is 5.93. The first-order valence-electron chi connectivity index (χ1n) is 10.0. The van der Waals surface area contributed by atoms with Crippen LogP contribution in [-0.2, 0) is 4.79 Å². The summed E-state index contributed by atoms with van der Waals surface area (Å²) in [5, 5.41) is 2.99. The quantitative estimate of drug-likeness (QED) is 0.683. The number of aromatic nitrogens is 2. The number of carbonyl (C=O) groups is 2. The van der Waals surface area contributed by atoms with Crippen molar-refractivity contribution in [2.45, 2.75) is 51.0 Å². The van der Waals surface area contributed by atoms with E-state index in [1.165, 1.54) is 18.6 Å². The van der Waals surface area contributed by atoms with Crippen molar-refractivity contribution in [1.29, 1.82) is 0 Å². The highest BCUT2D eigenvalue weighted by Crippen LogP contribution is 2.27. The highest BCUT2D eigenvalue weighted by Gasteiger charge is 2.30. The number of imidazole rings is 1. The van der Waals surface area contributed by atoms with Crippen LogP contribution >= 0.6 is 12.2 Å². The number of fused-ring (bicyclic) bond motifs is 1. The molecular weight excluding hydrogens is 379 g/mol. The molecule has 4 rings (SSSR count). The van der Waals surface area contributed by atoms with Crippen molar-refractivity contribution < 1.29 is 14.0 Å². The Kier molecular flexibility index (Phi) is 5.48. The van der Waals surface area contributed by atoms with Crippen molar-refractivity contribution in [2.24, 2.45) is 5.92 Å². The maximum Gasteiger partial charge on any atom is 0.253 e. The second-order valence-corrected chi connectivity index (χ2v) is 8.27. The molecule has 0 radical (unpaired) electrons. The van der Waals surface area contributed by atoms with Crippen LogP contribution in [0.1, 0.15) is 55.3 Å². The van der Waals surface area contributed by atoms with Crippen LogP contribution in [0.5, 0.6) is 0 Å². The fraction of sp³-hybridized carbons (Fsp3) is 0.550. The number of aromatic amines is 2. The Balaban J connectivity index is 1.38. The van der Waals surface area contributed by atoms with Gasteiger partial charge < -0.3 is 20.2 Å². The molecule has 0 bridgehead atoms. The lowest BCUT2D eigenvalue weighted by Crippen LogP contribution is -2.48. The highest BCUT2D eigenvalue weighted by molar-refractivity contribution is 7.71. The van der Waals surface area contributed by atoms with Gasteiger partial charge in [-0.2, -0.15) is 0 Å². The number of carbonyl (C=O) groups excluding carboxylic acids is 2. The summed E-state index contributed by atoms with van der Waals surface area (Å²) >= 11 is 5.05. The zero-order valence-corrected chi connectivity index (χ0v) is 16.5. The topological polar surface area (TPSA) is 81.0 Å². The summed E-state index contributed by atoms with van der Waals surface area (Å²) in [4.78, 5) is 33.1. The Labute approximate surface area is 167 Å². The third kappa shape index (κ3) is 3.97. The maximum absolute atomic E-state index is 13.9. The van der Waals surface area contributed by atoms with Crippen molar-refractivity contribution in [1.82, 2.24) is 20.2 Å². The van der Waals surface area contributed by atoms with Crippen molar-refractivity contribution in [3.8, 4) is 0 Å². The zero-order chi connectivity index (χ0) is 19.7. The molecular formula is C20H25FN4O2S. The normalized spacial score (nSPS) is 19.1. The molecule has 0 unspecified atom stereocenters. The molecule has 28 heavy (non-hydrogen) atoms. The molecule has 1 aromatic carbocycles. The van der Waals surface area contributed by atoms with Gasteiger partial charge in [0.2, 0.25) is 5.91 Å². The Bertz CT molecular complexity index is 939. The van der Waals surface area contributed by atoms with Gasteiger partial charge in [-0.05, 0) is 50.0 Å². The number of H-pyrrole nitrogens is 2. The van der Waals surface area contributed by atoms with Gasteiger partial charge in [0.25, 0.3) is 5.91 Å². The average molecular weight is 405 g/mol. The van der Waals surface area contributed by atoms with Crippen LogP contribution in [0.3, 0.4) is 0 Å². The molecule has 2 fully saturated rings. The zero-order valence-electron chi connectivity index (χ0n) is 15.7. The van der Waals surface area contributed by atoms with Gasteiger partial charge >= 0.3 is 0 Å². The molecule has 0 spiro atoms. The number of rotatable bonds is 3. The van der Waals surface area contributed by atoms with Crippen LogP contribution in [-0.4, -0.2) is 45.8 Å². The molecule has 2 heterocycles. The Morgan fingerprint density at radius 2 is 1.79 bits per heavy atom. The number of hydrogen-bond acceptors (Lipinski definition) is 3. The van der Waals surface area contributed by atoms with E-state index in [-0.39, 0.29) is 29.3 Å². The van der Waals surface area contributed by atoms with Gasteiger partial charge in [0.1, 0.15) is 5.82 Å². The van der Waals surface area contributed by atoms with Crippen LogP contribution in [0.25, 0.3) is 11.0 Å². The van der Waals surface area contributed by atoms with E-state index in [1.54, 1.807) is 0 Å². The number of hydrogen-bond donors (Lipinski definition) is 3. The van der Waals surface area contributed by atoms with E-state index < -0.39 is 5.82 Å². The van der Waals surface area contributed by atoms with Crippen LogP contribution < -0.4 is 5.32 Å². The number of halogens is 1. The molecule has 1 aromatic heterocycles. The fourth-order valence-corrected chi connectivity index (χ4v) is 4.61. The summed E-state index contributed by atoms with van der Waals surface area (Å²) in [7, 11) is 0. The summed E-state index contributed by atoms with van der Waals surface area (Å²) in [6.45, 7) is 1.32. The van der Waals surface area contributed by atoms with E-state index in [9.17, 15) is 14.0 Å². The summed E-state index contributed by atoms with van der Waals surface area (Å²) in [5.41, 5.74) is 1.22. The molecule has 2 amide bonds. The first kappa shape index (κ1) is 19.1. The van der Waals surface area contributed by atoms with Crippen LogP contribution in [0.2, 0.25) is 0 Å². The average Bonchev–Trinajstić information content (AvgIpc) is 3.07. The number of amides is 2. The van der Waals surface area contributed by atoms with Gasteiger partial charge in [-0.3, -0.25) is 9.59 Å². The molecule has 2 aromatic rings. The summed E-state index contributed by atoms with van der Waals surface area (Å²) < 4.78 is 14.2. The summed E-state index contributed by atoms with van der Waals surface area (Å²) in [6, 6.07) is 2.51. The lowest BCUT2D eigenvalue weighted by atomic mass is 9.87. The summed E-state index contributed by atoms with van der Waals surface area (Å²) in [5.74, 6) is -0.365. The van der Waals surface area contributed by atoms with Gasteiger partial charge in [0.15, 0.2) is 4.77 Å². The maximum atomic E-state index is 13.9. The van der Waals surface area contributed by atoms with Gasteiger partial charge in [-0.15, -0.1) is 0 Å². The van der Waals surface area contributed by atoms with Gasteiger partial charge in [-0.25, -0.2) is 4.39 Å². The number of likely N-dealkylation sites (tertiary alicyclic amines) is 1. The number of nitrogens with zero attached hydrogens (tertiary/aromatic N) is 1. The number of nitrogens with one attached hydrogen (secondary N) is 3. The Morgan fingerprint density at radius 1 is 1.07 bits per heavy atom. The van der Waals surface area contributed by atoms with Crippen molar-refractivity contribution in [3.63, 3.8) is 0 Å². The van der Waals surface area contributed by atoms with E-state index in [0.717, 1.165) is 25.7 Å². The molecule has 1 aliphatic carbocycles. The molecule has 3 N–H and O–H groups in total. The molecule has 150 valence electrons. The molecule has 0 atom stereocenters. The molecule has 8 heteroatoms. The Hall–Kier alpha value is -2.22. The molecule has 6 nitrogen and oxygen atoms in total. The Morgan fingerprint density at radius 3 is 2.50 bits per heavy atom. The van der Waals surface area contributed by atoms with Crippen molar-refractivity contribution in [2.75, 3.05) is 13.1 Å². The minimum absolute atomic E-state index is 0.0249. The summed E-state index contributed by atoms with van der Waals surface area (Å²) in [6.07, 6.45) is 6.96. The SMILES string of the molecule is O=C(NC1CCN(C(=O)C2CCCCC2)CC1)c1cc(F)cc2[nH]c(=S)[nH]c12. The highest BCUT2D eigenvalue weighted by atomic mass is 32.1. The second-order valence-electron chi connectivity index (χ2n) is 7.86. The lowest BCUT2D eigenvalue weighted by molar-refractivity contribution is -0.137. The smallest absolute Gasteiger partial charge is 0.253 e. The van der Waals surface area contributed by atoms with E-state index >= 15 is 0 Å². The molecule has 1 saturated heterocycles. The van der Waals surface area contributed by atoms with Gasteiger partial charge in [-0.1, -0.05) is 19.3 Å². The molecule has 2 aliphatic rings. The van der Waals surface area contributed by atoms with Crippen LogP contribution in [0.4, 0.5) is 4.39 Å². The van der Waals surface area contributed by atoms with Gasteiger partial charge in [0, 0.05) is 25.0 Å². The van der Waals surface area contributed by atoms with E-state index in [1.807, 2.05) is 4.90 Å². The van der Waals surface area contributed by atoms with Crippen molar-refractivity contribution >= 4 is 35.1 Å². The van der Waals surface area contributed by atoms with Gasteiger partial charge in [0.05, 0.1) is 16.6 Å². The predicted molar refractivity (Wildman–Crippen MR) is 107 cm³/mol. The predicted octanol–water partition coefficient (Wildman–Crippen LogP) is 3.67. The number of benzene rings is 1. The monoisotopic (exact) mass is 404 g/mol. The van der Waals surface area contributed by atoms with Crippen LogP contribution in [0.15, 0.2) is 12.1 Å². The first-order chi connectivity index (χ1) is 13.5. The first-order valence-corrected chi connectivity index (χ1v) is 10.4. The minimum Gasteiger partial charge on any atom is -0.349 e. The largest absolute Gasteiger partial charge is 0.349 e. The number of piperidine rings is 1. The lowest BCUT2D eigenvalue weighted by Gasteiger charge is -2.35. The van der Waals surface area contributed by atoms with E-state index in [0.29, 0.717) is 41.7 Å². The third-order valence-corrected chi connectivity index (χ3v) is 6.13. The standard InChI is InChI=1S/C20H25FN4O2S/c21-13-10-15(17-16(11-13)23-20(28)24-17)18(26)22-14-6-8-25(9-7-14)19(27)12-4-2-1-3-5-12/h10-12,14H,1-9H2,(H,22,26)(H2,23,24,28). The second kappa shape index (κ2) is 8.03. The van der Waals surface area contributed by atoms with E-state index in [4.69, 9.17) is 12.2 Å². The van der Waals surface area contributed by atoms with Crippen molar-refractivity contribution in [3.05, 3.63) is 28.3 Å². The fourth-order valence-electron chi connectivity index (χ4n) is 4.40.